The summed E-state index contributed by atoms with van der Waals surface area (Å²) in [7, 11) is 0. The van der Waals surface area contributed by atoms with Gasteiger partial charge in [0.2, 0.25) is 0 Å². The second-order valence-electron chi connectivity index (χ2n) is 3.85. The summed E-state index contributed by atoms with van der Waals surface area (Å²) < 4.78 is 5.53. The van der Waals surface area contributed by atoms with Gasteiger partial charge in [-0.1, -0.05) is 12.1 Å². The maximum atomic E-state index is 9.54. The van der Waals surface area contributed by atoms with Crippen LogP contribution in [-0.2, 0) is 0 Å². The van der Waals surface area contributed by atoms with Gasteiger partial charge in [-0.15, -0.1) is 12.3 Å². The predicted molar refractivity (Wildman–Crippen MR) is 65.4 cm³/mol. The molecule has 0 aliphatic heterocycles. The van der Waals surface area contributed by atoms with Gasteiger partial charge in [0.1, 0.15) is 5.75 Å². The van der Waals surface area contributed by atoms with E-state index in [0.29, 0.717) is 25.9 Å². The first-order valence-corrected chi connectivity index (χ1v) is 5.53. The number of ether oxygens (including phenoxy) is 1. The van der Waals surface area contributed by atoms with Crippen molar-refractivity contribution in [3.8, 4) is 18.1 Å². The number of rotatable bonds is 6. The first-order chi connectivity index (χ1) is 7.72. The molecule has 0 aliphatic carbocycles. The molecular weight excluding hydrogens is 200 g/mol. The number of aryl methyl sites for hydroxylation is 1. The minimum Gasteiger partial charge on any atom is -0.493 e. The van der Waals surface area contributed by atoms with Gasteiger partial charge in [-0.25, -0.2) is 0 Å². The van der Waals surface area contributed by atoms with Crippen molar-refractivity contribution in [1.29, 1.82) is 0 Å². The van der Waals surface area contributed by atoms with Crippen molar-refractivity contribution in [3.63, 3.8) is 0 Å². The fourth-order valence-electron chi connectivity index (χ4n) is 1.41. The number of hydrogen-bond acceptors (Lipinski definition) is 2. The van der Waals surface area contributed by atoms with E-state index in [0.717, 1.165) is 5.75 Å². The standard InChI is InChI=1S/C14H18O2/c1-3-4-7-13(15)9-10-16-14-8-5-6-12(2)11-14/h1,5-6,8,11,13,15H,4,7,9-10H2,2H3. The number of terminal acetylenes is 1. The van der Waals surface area contributed by atoms with Crippen molar-refractivity contribution in [3.05, 3.63) is 29.8 Å². The first kappa shape index (κ1) is 12.6. The maximum Gasteiger partial charge on any atom is 0.119 e. The fourth-order valence-corrected chi connectivity index (χ4v) is 1.41. The van der Waals surface area contributed by atoms with E-state index in [1.807, 2.05) is 31.2 Å². The lowest BCUT2D eigenvalue weighted by molar-refractivity contribution is 0.132. The monoisotopic (exact) mass is 218 g/mol. The Morgan fingerprint density at radius 2 is 2.25 bits per heavy atom. The molecule has 0 heterocycles. The Labute approximate surface area is 97.3 Å². The SMILES string of the molecule is C#CCCC(O)CCOc1cccc(C)c1. The van der Waals surface area contributed by atoms with Gasteiger partial charge in [0.25, 0.3) is 0 Å². The van der Waals surface area contributed by atoms with Crippen molar-refractivity contribution in [2.24, 2.45) is 0 Å². The van der Waals surface area contributed by atoms with Crippen LogP contribution < -0.4 is 4.74 Å². The summed E-state index contributed by atoms with van der Waals surface area (Å²) in [4.78, 5) is 0. The summed E-state index contributed by atoms with van der Waals surface area (Å²) >= 11 is 0. The first-order valence-electron chi connectivity index (χ1n) is 5.53. The third-order valence-electron chi connectivity index (χ3n) is 2.33. The molecule has 16 heavy (non-hydrogen) atoms. The van der Waals surface area contributed by atoms with Crippen LogP contribution in [0.4, 0.5) is 0 Å². The van der Waals surface area contributed by atoms with E-state index in [2.05, 4.69) is 5.92 Å². The lowest BCUT2D eigenvalue weighted by Gasteiger charge is -2.10. The third kappa shape index (κ3) is 4.86. The van der Waals surface area contributed by atoms with Gasteiger partial charge in [-0.05, 0) is 31.0 Å². The molecule has 0 amide bonds. The molecular formula is C14H18O2. The second-order valence-corrected chi connectivity index (χ2v) is 3.85. The molecule has 2 heteroatoms. The van der Waals surface area contributed by atoms with Crippen LogP contribution in [0.1, 0.15) is 24.8 Å². The molecule has 0 spiro atoms. The van der Waals surface area contributed by atoms with Gasteiger partial charge in [0.15, 0.2) is 0 Å². The van der Waals surface area contributed by atoms with Crippen molar-refractivity contribution in [2.45, 2.75) is 32.3 Å². The van der Waals surface area contributed by atoms with E-state index in [1.165, 1.54) is 5.56 Å². The number of aliphatic hydroxyl groups excluding tert-OH is 1. The van der Waals surface area contributed by atoms with Crippen LogP contribution in [-0.4, -0.2) is 17.8 Å². The van der Waals surface area contributed by atoms with E-state index in [4.69, 9.17) is 11.2 Å². The van der Waals surface area contributed by atoms with Crippen LogP contribution in [0.3, 0.4) is 0 Å². The quantitative estimate of drug-likeness (QED) is 0.743. The normalized spacial score (nSPS) is 11.8. The van der Waals surface area contributed by atoms with Gasteiger partial charge in [-0.3, -0.25) is 0 Å². The Kier molecular flexibility index (Phi) is 5.45. The second kappa shape index (κ2) is 6.92. The Morgan fingerprint density at radius 1 is 1.44 bits per heavy atom. The summed E-state index contributed by atoms with van der Waals surface area (Å²) in [6.07, 6.45) is 6.64. The van der Waals surface area contributed by atoms with Crippen LogP contribution in [0.15, 0.2) is 24.3 Å². The van der Waals surface area contributed by atoms with Crippen molar-refractivity contribution in [2.75, 3.05) is 6.61 Å². The molecule has 2 nitrogen and oxygen atoms in total. The van der Waals surface area contributed by atoms with E-state index >= 15 is 0 Å². The highest BCUT2D eigenvalue weighted by atomic mass is 16.5. The molecule has 0 aliphatic rings. The summed E-state index contributed by atoms with van der Waals surface area (Å²) in [6, 6.07) is 7.88. The molecule has 0 aromatic heterocycles. The van der Waals surface area contributed by atoms with E-state index in [9.17, 15) is 5.11 Å². The Balaban J connectivity index is 2.23. The fraction of sp³-hybridized carbons (Fsp3) is 0.429. The van der Waals surface area contributed by atoms with Crippen molar-refractivity contribution < 1.29 is 9.84 Å². The highest BCUT2D eigenvalue weighted by molar-refractivity contribution is 5.27. The number of aliphatic hydroxyl groups is 1. The van der Waals surface area contributed by atoms with Crippen LogP contribution >= 0.6 is 0 Å². The van der Waals surface area contributed by atoms with Crippen molar-refractivity contribution >= 4 is 0 Å². The molecule has 0 fully saturated rings. The van der Waals surface area contributed by atoms with Crippen LogP contribution in [0.25, 0.3) is 0 Å². The minimum atomic E-state index is -0.360. The molecule has 1 aromatic carbocycles. The smallest absolute Gasteiger partial charge is 0.119 e. The highest BCUT2D eigenvalue weighted by Gasteiger charge is 2.03. The lowest BCUT2D eigenvalue weighted by Crippen LogP contribution is -2.11. The van der Waals surface area contributed by atoms with E-state index < -0.39 is 0 Å². The summed E-state index contributed by atoms with van der Waals surface area (Å²) in [5.74, 6) is 3.36. The zero-order chi connectivity index (χ0) is 11.8. The summed E-state index contributed by atoms with van der Waals surface area (Å²) in [6.45, 7) is 2.55. The zero-order valence-electron chi connectivity index (χ0n) is 9.65. The molecule has 0 saturated heterocycles. The molecule has 1 atom stereocenters. The third-order valence-corrected chi connectivity index (χ3v) is 2.33. The predicted octanol–water partition coefficient (Wildman–Crippen LogP) is 2.54. The van der Waals surface area contributed by atoms with Gasteiger partial charge in [0.05, 0.1) is 12.7 Å². The average molecular weight is 218 g/mol. The lowest BCUT2D eigenvalue weighted by atomic mass is 10.1. The largest absolute Gasteiger partial charge is 0.493 e. The van der Waals surface area contributed by atoms with Gasteiger partial charge in [-0.2, -0.15) is 0 Å². The number of hydrogen-bond donors (Lipinski definition) is 1. The van der Waals surface area contributed by atoms with Gasteiger partial charge >= 0.3 is 0 Å². The highest BCUT2D eigenvalue weighted by Crippen LogP contribution is 2.13. The average Bonchev–Trinajstić information content (AvgIpc) is 2.26. The van der Waals surface area contributed by atoms with E-state index in [1.54, 1.807) is 0 Å². The zero-order valence-corrected chi connectivity index (χ0v) is 9.65. The van der Waals surface area contributed by atoms with E-state index in [-0.39, 0.29) is 6.10 Å². The Bertz CT molecular complexity index is 352. The molecule has 0 radical (unpaired) electrons. The molecule has 1 N–H and O–H groups in total. The molecule has 1 unspecified atom stereocenters. The van der Waals surface area contributed by atoms with Crippen LogP contribution in [0, 0.1) is 19.3 Å². The molecule has 1 aromatic rings. The molecule has 0 saturated carbocycles. The minimum absolute atomic E-state index is 0.360. The Hall–Kier alpha value is -1.46. The van der Waals surface area contributed by atoms with Gasteiger partial charge in [0, 0.05) is 12.8 Å². The van der Waals surface area contributed by atoms with Crippen molar-refractivity contribution in [1.82, 2.24) is 0 Å². The Morgan fingerprint density at radius 3 is 2.94 bits per heavy atom. The molecule has 1 rings (SSSR count). The van der Waals surface area contributed by atoms with Gasteiger partial charge < -0.3 is 9.84 Å². The maximum absolute atomic E-state index is 9.54. The van der Waals surface area contributed by atoms with Crippen LogP contribution in [0.5, 0.6) is 5.75 Å². The molecule has 86 valence electrons. The number of benzene rings is 1. The molecule has 0 bridgehead atoms. The van der Waals surface area contributed by atoms with Crippen LogP contribution in [0.2, 0.25) is 0 Å². The summed E-state index contributed by atoms with van der Waals surface area (Å²) in [5, 5.41) is 9.54. The topological polar surface area (TPSA) is 29.5 Å². The summed E-state index contributed by atoms with van der Waals surface area (Å²) in [5.41, 5.74) is 1.17.